The Bertz CT molecular complexity index is 1130. The SMILES string of the molecule is CC(C)[C@@H](C)NS(=O)(=O)c1ccc2c(c1)sc(=O)n2Cc1ccccc1Cl. The summed E-state index contributed by atoms with van der Waals surface area (Å²) in [5.74, 6) is 0.177. The molecular weight excluding hydrogens is 404 g/mol. The van der Waals surface area contributed by atoms with Crippen molar-refractivity contribution in [2.45, 2.75) is 38.3 Å². The Morgan fingerprint density at radius 1 is 1.15 bits per heavy atom. The van der Waals surface area contributed by atoms with Crippen LogP contribution in [0.2, 0.25) is 5.02 Å². The van der Waals surface area contributed by atoms with Crippen LogP contribution in [0.4, 0.5) is 0 Å². The molecule has 0 aliphatic heterocycles. The summed E-state index contributed by atoms with van der Waals surface area (Å²) in [5, 5.41) is 0.592. The summed E-state index contributed by atoms with van der Waals surface area (Å²) in [5.41, 5.74) is 1.53. The van der Waals surface area contributed by atoms with Gasteiger partial charge in [-0.15, -0.1) is 0 Å². The highest BCUT2D eigenvalue weighted by atomic mass is 35.5. The summed E-state index contributed by atoms with van der Waals surface area (Å²) < 4.78 is 30.1. The Kier molecular flexibility index (Phi) is 5.76. The average Bonchev–Trinajstić information content (AvgIpc) is 2.91. The maximum atomic E-state index is 12.6. The van der Waals surface area contributed by atoms with E-state index in [-0.39, 0.29) is 21.7 Å². The molecule has 0 saturated heterocycles. The van der Waals surface area contributed by atoms with Gasteiger partial charge in [0.2, 0.25) is 10.0 Å². The highest BCUT2D eigenvalue weighted by molar-refractivity contribution is 7.89. The lowest BCUT2D eigenvalue weighted by molar-refractivity contribution is 0.476. The minimum atomic E-state index is -3.64. The normalized spacial score (nSPS) is 13.4. The van der Waals surface area contributed by atoms with Crippen LogP contribution in [0.25, 0.3) is 10.2 Å². The van der Waals surface area contributed by atoms with Gasteiger partial charge in [-0.05, 0) is 42.7 Å². The maximum absolute atomic E-state index is 12.6. The number of aromatic nitrogens is 1. The lowest BCUT2D eigenvalue weighted by Crippen LogP contribution is -2.36. The fraction of sp³-hybridized carbons (Fsp3) is 0.316. The first-order valence-electron chi connectivity index (χ1n) is 8.58. The Labute approximate surface area is 167 Å². The molecule has 1 N–H and O–H groups in total. The first-order valence-corrected chi connectivity index (χ1v) is 11.3. The Morgan fingerprint density at radius 3 is 2.52 bits per heavy atom. The summed E-state index contributed by atoms with van der Waals surface area (Å²) in [7, 11) is -3.64. The molecule has 1 aromatic heterocycles. The third-order valence-electron chi connectivity index (χ3n) is 4.58. The second kappa shape index (κ2) is 7.75. The van der Waals surface area contributed by atoms with Gasteiger partial charge < -0.3 is 0 Å². The van der Waals surface area contributed by atoms with Gasteiger partial charge in [-0.3, -0.25) is 9.36 Å². The molecule has 27 heavy (non-hydrogen) atoms. The molecule has 3 aromatic rings. The van der Waals surface area contributed by atoms with Gasteiger partial charge in [0, 0.05) is 11.1 Å². The number of fused-ring (bicyclic) bond motifs is 1. The summed E-state index contributed by atoms with van der Waals surface area (Å²) in [6, 6.07) is 11.9. The van der Waals surface area contributed by atoms with Crippen molar-refractivity contribution >= 4 is 43.2 Å². The van der Waals surface area contributed by atoms with Crippen molar-refractivity contribution in [3.8, 4) is 0 Å². The first kappa shape index (κ1) is 20.1. The molecule has 8 heteroatoms. The van der Waals surface area contributed by atoms with Crippen LogP contribution in [0.5, 0.6) is 0 Å². The minimum absolute atomic E-state index is 0.150. The molecule has 0 fully saturated rings. The zero-order valence-electron chi connectivity index (χ0n) is 15.3. The number of benzene rings is 2. The number of nitrogens with one attached hydrogen (secondary N) is 1. The quantitative estimate of drug-likeness (QED) is 0.648. The Balaban J connectivity index is 1.99. The van der Waals surface area contributed by atoms with E-state index in [4.69, 9.17) is 11.6 Å². The van der Waals surface area contributed by atoms with Crippen LogP contribution in [-0.2, 0) is 16.6 Å². The molecule has 0 radical (unpaired) electrons. The van der Waals surface area contributed by atoms with E-state index in [2.05, 4.69) is 4.72 Å². The van der Waals surface area contributed by atoms with E-state index in [1.165, 1.54) is 6.07 Å². The van der Waals surface area contributed by atoms with Crippen molar-refractivity contribution in [2.24, 2.45) is 5.92 Å². The van der Waals surface area contributed by atoms with Gasteiger partial charge in [0.25, 0.3) is 0 Å². The van der Waals surface area contributed by atoms with Gasteiger partial charge in [0.1, 0.15) is 0 Å². The molecule has 0 saturated carbocycles. The van der Waals surface area contributed by atoms with E-state index >= 15 is 0 Å². The van der Waals surface area contributed by atoms with E-state index in [1.54, 1.807) is 22.8 Å². The smallest absolute Gasteiger partial charge is 0.294 e. The molecule has 3 rings (SSSR count). The van der Waals surface area contributed by atoms with Crippen LogP contribution >= 0.6 is 22.9 Å². The number of sulfonamides is 1. The second-order valence-electron chi connectivity index (χ2n) is 6.83. The van der Waals surface area contributed by atoms with E-state index in [1.807, 2.05) is 39.0 Å². The van der Waals surface area contributed by atoms with Crippen molar-refractivity contribution in [1.82, 2.24) is 9.29 Å². The zero-order valence-corrected chi connectivity index (χ0v) is 17.7. The summed E-state index contributed by atoms with van der Waals surface area (Å²) in [6.07, 6.45) is 0. The Hall–Kier alpha value is -1.67. The van der Waals surface area contributed by atoms with Crippen molar-refractivity contribution in [2.75, 3.05) is 0 Å². The van der Waals surface area contributed by atoms with Crippen molar-refractivity contribution in [3.63, 3.8) is 0 Å². The molecule has 144 valence electrons. The van der Waals surface area contributed by atoms with Gasteiger partial charge in [-0.2, -0.15) is 0 Å². The second-order valence-corrected chi connectivity index (χ2v) is 9.94. The van der Waals surface area contributed by atoms with E-state index in [0.29, 0.717) is 21.8 Å². The molecule has 1 heterocycles. The maximum Gasteiger partial charge on any atom is 0.308 e. The molecule has 0 aliphatic rings. The average molecular weight is 425 g/mol. The van der Waals surface area contributed by atoms with Crippen LogP contribution in [0, 0.1) is 5.92 Å². The largest absolute Gasteiger partial charge is 0.308 e. The van der Waals surface area contributed by atoms with Gasteiger partial charge >= 0.3 is 4.87 Å². The van der Waals surface area contributed by atoms with Crippen molar-refractivity contribution in [1.29, 1.82) is 0 Å². The number of halogens is 1. The van der Waals surface area contributed by atoms with Gasteiger partial charge in [0.05, 0.1) is 21.7 Å². The predicted octanol–water partition coefficient (Wildman–Crippen LogP) is 4.09. The molecule has 0 aliphatic carbocycles. The summed E-state index contributed by atoms with van der Waals surface area (Å²) >= 11 is 7.24. The molecule has 0 unspecified atom stereocenters. The molecule has 0 bridgehead atoms. The fourth-order valence-electron chi connectivity index (χ4n) is 2.61. The number of thiazole rings is 1. The van der Waals surface area contributed by atoms with E-state index in [0.717, 1.165) is 16.9 Å². The summed E-state index contributed by atoms with van der Waals surface area (Å²) in [6.45, 7) is 6.08. The molecular formula is C19H21ClN2O3S2. The molecule has 5 nitrogen and oxygen atoms in total. The van der Waals surface area contributed by atoms with E-state index < -0.39 is 10.0 Å². The number of nitrogens with zero attached hydrogens (tertiary/aromatic N) is 1. The lowest BCUT2D eigenvalue weighted by Gasteiger charge is -2.17. The number of rotatable bonds is 6. The van der Waals surface area contributed by atoms with Crippen LogP contribution in [-0.4, -0.2) is 19.0 Å². The number of hydrogen-bond donors (Lipinski definition) is 1. The van der Waals surface area contributed by atoms with E-state index in [9.17, 15) is 13.2 Å². The molecule has 0 spiro atoms. The van der Waals surface area contributed by atoms with Gasteiger partial charge in [0.15, 0.2) is 0 Å². The van der Waals surface area contributed by atoms with Crippen molar-refractivity contribution in [3.05, 3.63) is 62.7 Å². The van der Waals surface area contributed by atoms with Gasteiger partial charge in [-0.1, -0.05) is 55.0 Å². The Morgan fingerprint density at radius 2 is 1.85 bits per heavy atom. The third kappa shape index (κ3) is 4.27. The zero-order chi connectivity index (χ0) is 19.8. The third-order valence-corrected chi connectivity index (χ3v) is 7.44. The van der Waals surface area contributed by atoms with Crippen LogP contribution < -0.4 is 9.60 Å². The van der Waals surface area contributed by atoms with Gasteiger partial charge in [-0.25, -0.2) is 13.1 Å². The fourth-order valence-corrected chi connectivity index (χ4v) is 5.23. The standard InChI is InChI=1S/C19H21ClN2O3S2/c1-12(2)13(3)21-27(24,25)15-8-9-17-18(10-15)26-19(23)22(17)11-14-6-4-5-7-16(14)20/h4-10,12-13,21H,11H2,1-3H3/t13-/m1/s1. The molecule has 0 amide bonds. The lowest BCUT2D eigenvalue weighted by atomic mass is 10.1. The topological polar surface area (TPSA) is 68.2 Å². The number of hydrogen-bond acceptors (Lipinski definition) is 4. The summed E-state index contributed by atoms with van der Waals surface area (Å²) in [4.78, 5) is 12.5. The van der Waals surface area contributed by atoms with Crippen LogP contribution in [0.3, 0.4) is 0 Å². The monoisotopic (exact) mass is 424 g/mol. The molecule has 1 atom stereocenters. The van der Waals surface area contributed by atoms with Crippen LogP contribution in [0.15, 0.2) is 52.2 Å². The first-order chi connectivity index (χ1) is 12.7. The minimum Gasteiger partial charge on any atom is -0.294 e. The highest BCUT2D eigenvalue weighted by Crippen LogP contribution is 2.24. The van der Waals surface area contributed by atoms with Crippen LogP contribution in [0.1, 0.15) is 26.3 Å². The molecule has 2 aromatic carbocycles. The van der Waals surface area contributed by atoms with Crippen molar-refractivity contribution < 1.29 is 8.42 Å². The highest BCUT2D eigenvalue weighted by Gasteiger charge is 2.20. The predicted molar refractivity (Wildman–Crippen MR) is 111 cm³/mol.